The predicted octanol–water partition coefficient (Wildman–Crippen LogP) is 0.143. The lowest BCUT2D eigenvalue weighted by Crippen LogP contribution is -2.29. The number of ether oxygens (including phenoxy) is 1. The fourth-order valence-corrected chi connectivity index (χ4v) is 2.58. The average Bonchev–Trinajstić information content (AvgIpc) is 2.28. The Kier molecular flexibility index (Phi) is 3.84. The van der Waals surface area contributed by atoms with Crippen molar-refractivity contribution in [2.75, 3.05) is 19.5 Å². The molecule has 1 N–H and O–H groups in total. The lowest BCUT2D eigenvalue weighted by atomic mass is 9.94. The van der Waals surface area contributed by atoms with E-state index in [9.17, 15) is 9.50 Å². The summed E-state index contributed by atoms with van der Waals surface area (Å²) >= 11 is 0. The topological polar surface area (TPSA) is 29.5 Å². The van der Waals surface area contributed by atoms with Gasteiger partial charge in [0.05, 0.1) is 12.1 Å². The Bertz CT molecular complexity index is 243. The molecule has 0 amide bonds. The first kappa shape index (κ1) is 12.3. The zero-order valence-electron chi connectivity index (χ0n) is 9.11. The molecule has 1 fully saturated rings. The molecule has 0 aliphatic carbocycles. The quantitative estimate of drug-likeness (QED) is 0.541. The summed E-state index contributed by atoms with van der Waals surface area (Å²) in [5, 5.41) is 9.52. The Hall–Kier alpha value is 0.215. The highest BCUT2D eigenvalue weighted by Gasteiger charge is 2.40. The summed E-state index contributed by atoms with van der Waals surface area (Å²) in [6.07, 6.45) is 3.22. The van der Waals surface area contributed by atoms with E-state index in [1.165, 1.54) is 0 Å². The van der Waals surface area contributed by atoms with E-state index in [0.29, 0.717) is 0 Å². The molecule has 0 bridgehead atoms. The van der Waals surface area contributed by atoms with Crippen molar-refractivity contribution in [3.05, 3.63) is 0 Å². The van der Waals surface area contributed by atoms with Gasteiger partial charge in [0.2, 0.25) is 0 Å². The number of halogens is 1. The van der Waals surface area contributed by atoms with Gasteiger partial charge in [-0.25, -0.2) is 4.39 Å². The van der Waals surface area contributed by atoms with Crippen LogP contribution < -0.4 is 0 Å². The van der Waals surface area contributed by atoms with Crippen LogP contribution in [0.3, 0.4) is 0 Å². The van der Waals surface area contributed by atoms with E-state index in [-0.39, 0.29) is 6.10 Å². The molecular formula is C9H19BFO2P. The number of alkyl halides is 1. The molecule has 5 heteroatoms. The first-order chi connectivity index (χ1) is 6.31. The number of aliphatic hydroxyl groups is 1. The highest BCUT2D eigenvalue weighted by atomic mass is 31.2. The van der Waals surface area contributed by atoms with E-state index in [1.807, 2.05) is 0 Å². The predicted molar refractivity (Wildman–Crippen MR) is 63.5 cm³/mol. The van der Waals surface area contributed by atoms with E-state index in [1.54, 1.807) is 7.85 Å². The molecule has 4 atom stereocenters. The van der Waals surface area contributed by atoms with Gasteiger partial charge in [-0.15, -0.1) is 13.2 Å². The van der Waals surface area contributed by atoms with Gasteiger partial charge in [0.25, 0.3) is 0 Å². The minimum atomic E-state index is -1.23. The minimum Gasteiger partial charge on any atom is -0.387 e. The molecule has 14 heavy (non-hydrogen) atoms. The van der Waals surface area contributed by atoms with E-state index in [2.05, 4.69) is 19.6 Å². The van der Waals surface area contributed by atoms with Crippen LogP contribution in [0.5, 0.6) is 0 Å². The van der Waals surface area contributed by atoms with E-state index in [4.69, 9.17) is 4.74 Å². The molecule has 1 aliphatic rings. The van der Waals surface area contributed by atoms with Crippen molar-refractivity contribution < 1.29 is 14.2 Å². The zero-order chi connectivity index (χ0) is 10.9. The van der Waals surface area contributed by atoms with Gasteiger partial charge in [-0.1, -0.05) is 0 Å². The van der Waals surface area contributed by atoms with Crippen LogP contribution in [0.25, 0.3) is 0 Å². The molecule has 1 rings (SSSR count). The number of hydrogen-bond donors (Lipinski definition) is 1. The van der Waals surface area contributed by atoms with Crippen molar-refractivity contribution in [2.24, 2.45) is 0 Å². The summed E-state index contributed by atoms with van der Waals surface area (Å²) in [7, 11) is 1.67. The van der Waals surface area contributed by atoms with Crippen LogP contribution in [-0.4, -0.2) is 63.1 Å². The molecule has 0 aromatic heterocycles. The van der Waals surface area contributed by atoms with Crippen molar-refractivity contribution in [1.82, 2.24) is 0 Å². The lowest BCUT2D eigenvalue weighted by Gasteiger charge is -2.18. The van der Waals surface area contributed by atoms with Gasteiger partial charge < -0.3 is 9.84 Å². The minimum absolute atomic E-state index is 0.332. The molecule has 0 saturated carbocycles. The van der Waals surface area contributed by atoms with Crippen LogP contribution >= 0.6 is 6.89 Å². The smallest absolute Gasteiger partial charge is 0.146 e. The molecule has 1 aliphatic heterocycles. The monoisotopic (exact) mass is 220 g/mol. The first-order valence-corrected chi connectivity index (χ1v) is 8.01. The molecule has 0 unspecified atom stereocenters. The van der Waals surface area contributed by atoms with Crippen LogP contribution in [0.4, 0.5) is 4.39 Å². The Labute approximate surface area is 86.2 Å². The molecule has 0 aromatic carbocycles. The highest BCUT2D eigenvalue weighted by molar-refractivity contribution is 7.72. The average molecular weight is 220 g/mol. The fourth-order valence-electron chi connectivity index (χ4n) is 1.63. The zero-order valence-corrected chi connectivity index (χ0v) is 10.0. The van der Waals surface area contributed by atoms with Crippen LogP contribution in [0.15, 0.2) is 0 Å². The van der Waals surface area contributed by atoms with Crippen LogP contribution in [0, 0.1) is 0 Å². The summed E-state index contributed by atoms with van der Waals surface area (Å²) in [5.74, 6) is 0. The van der Waals surface area contributed by atoms with Gasteiger partial charge in [0.15, 0.2) is 0 Å². The Morgan fingerprint density at radius 3 is 2.50 bits per heavy atom. The third-order valence-corrected chi connectivity index (χ3v) is 4.03. The Balaban J connectivity index is 2.44. The maximum Gasteiger partial charge on any atom is 0.146 e. The fraction of sp³-hybridized carbons (Fsp3) is 0.889. The second kappa shape index (κ2) is 4.38. The van der Waals surface area contributed by atoms with Crippen molar-refractivity contribution >= 4 is 21.0 Å². The Morgan fingerprint density at radius 2 is 2.14 bits per heavy atom. The summed E-state index contributed by atoms with van der Waals surface area (Å²) in [6.45, 7) is 3.16. The molecule has 1 saturated heterocycles. The molecule has 0 radical (unpaired) electrons. The normalized spacial score (nSPS) is 38.9. The Morgan fingerprint density at radius 1 is 1.57 bits per heavy atom. The van der Waals surface area contributed by atoms with Crippen LogP contribution in [-0.2, 0) is 4.74 Å². The van der Waals surface area contributed by atoms with Gasteiger partial charge in [0.1, 0.15) is 20.1 Å². The molecule has 0 spiro atoms. The van der Waals surface area contributed by atoms with Gasteiger partial charge in [-0.3, -0.25) is 0 Å². The standard InChI is InChI=1S/C9H19BFO2P/c1-14(2,3)5-4-6-8(12)7(11)9(10)13-6/h6-9,12H,1,4-5,10H2,2-3H3/t6-,7-,8-,9-/m1/s1. The van der Waals surface area contributed by atoms with Gasteiger partial charge in [-0.05, 0) is 25.9 Å². The second-order valence-corrected chi connectivity index (χ2v) is 9.08. The van der Waals surface area contributed by atoms with Crippen LogP contribution in [0.2, 0.25) is 0 Å². The third kappa shape index (κ3) is 3.11. The van der Waals surface area contributed by atoms with Crippen molar-refractivity contribution in [2.45, 2.75) is 30.8 Å². The summed E-state index contributed by atoms with van der Waals surface area (Å²) < 4.78 is 18.5. The maximum atomic E-state index is 13.2. The molecule has 1 heterocycles. The van der Waals surface area contributed by atoms with Gasteiger partial charge >= 0.3 is 0 Å². The summed E-state index contributed by atoms with van der Waals surface area (Å²) in [4.78, 5) is 0. The van der Waals surface area contributed by atoms with Gasteiger partial charge in [0, 0.05) is 0 Å². The van der Waals surface area contributed by atoms with E-state index < -0.39 is 25.2 Å². The number of hydrogen-bond acceptors (Lipinski definition) is 2. The second-order valence-electron chi connectivity index (χ2n) is 4.76. The van der Waals surface area contributed by atoms with E-state index >= 15 is 0 Å². The number of aliphatic hydroxyl groups excluding tert-OH is 1. The maximum absolute atomic E-state index is 13.2. The van der Waals surface area contributed by atoms with Crippen molar-refractivity contribution in [3.8, 4) is 0 Å². The van der Waals surface area contributed by atoms with E-state index in [0.717, 1.165) is 12.6 Å². The molecular weight excluding hydrogens is 201 g/mol. The first-order valence-electron chi connectivity index (χ1n) is 4.96. The summed E-state index contributed by atoms with van der Waals surface area (Å²) in [6, 6.07) is -0.471. The highest BCUT2D eigenvalue weighted by Crippen LogP contribution is 2.38. The molecule has 2 nitrogen and oxygen atoms in total. The largest absolute Gasteiger partial charge is 0.387 e. The van der Waals surface area contributed by atoms with Crippen LogP contribution in [0.1, 0.15) is 6.42 Å². The lowest BCUT2D eigenvalue weighted by molar-refractivity contribution is 0.0289. The van der Waals surface area contributed by atoms with Crippen molar-refractivity contribution in [3.63, 3.8) is 0 Å². The summed E-state index contributed by atoms with van der Waals surface area (Å²) in [5.41, 5.74) is 0. The SMILES string of the molecule is B[C@@H]1O[C@H](CCP(=C)(C)C)[C@@H](O)[C@H]1F. The van der Waals surface area contributed by atoms with Gasteiger partial charge in [-0.2, -0.15) is 0 Å². The number of rotatable bonds is 3. The van der Waals surface area contributed by atoms with Crippen molar-refractivity contribution in [1.29, 1.82) is 0 Å². The molecule has 0 aromatic rings. The molecule has 82 valence electrons. The third-order valence-electron chi connectivity index (χ3n) is 2.56.